The Bertz CT molecular complexity index is 491. The van der Waals surface area contributed by atoms with Crippen LogP contribution in [0.25, 0.3) is 0 Å². The van der Waals surface area contributed by atoms with Gasteiger partial charge in [-0.1, -0.05) is 6.07 Å². The molecule has 0 radical (unpaired) electrons. The Kier molecular flexibility index (Phi) is 5.18. The van der Waals surface area contributed by atoms with Crippen molar-refractivity contribution in [3.63, 3.8) is 0 Å². The number of halogens is 1. The summed E-state index contributed by atoms with van der Waals surface area (Å²) in [5, 5.41) is 5.48. The maximum Gasteiger partial charge on any atom is 0.252 e. The van der Waals surface area contributed by atoms with Gasteiger partial charge in [0.05, 0.1) is 0 Å². The number of nitrogens with two attached hydrogens (primary N) is 1. The molecule has 1 unspecified atom stereocenters. The molecule has 1 aromatic carbocycles. The third kappa shape index (κ3) is 3.61. The number of amides is 2. The first kappa shape index (κ1) is 15.3. The fourth-order valence-electron chi connectivity index (χ4n) is 2.03. The molecule has 0 aromatic heterocycles. The minimum Gasteiger partial charge on any atom is -0.399 e. The van der Waals surface area contributed by atoms with Crippen LogP contribution in [0.3, 0.4) is 0 Å². The van der Waals surface area contributed by atoms with Crippen molar-refractivity contribution in [3.8, 4) is 0 Å². The fraction of sp³-hybridized carbons (Fsp3) is 0.385. The number of hydrogen-bond acceptors (Lipinski definition) is 3. The number of aryl methyl sites for hydroxylation is 1. The van der Waals surface area contributed by atoms with Crippen LogP contribution in [0, 0.1) is 6.92 Å². The van der Waals surface area contributed by atoms with Gasteiger partial charge in [0.1, 0.15) is 6.04 Å². The molecule has 5 nitrogen and oxygen atoms in total. The summed E-state index contributed by atoms with van der Waals surface area (Å²) in [4.78, 5) is 23.6. The van der Waals surface area contributed by atoms with Gasteiger partial charge < -0.3 is 16.4 Å². The average molecular weight is 284 g/mol. The lowest BCUT2D eigenvalue weighted by molar-refractivity contribution is -0.124. The molecule has 0 aliphatic carbocycles. The van der Waals surface area contributed by atoms with Gasteiger partial charge in [0.2, 0.25) is 5.91 Å². The molecule has 0 bridgehead atoms. The quantitative estimate of drug-likeness (QED) is 0.708. The number of rotatable bonds is 2. The first-order valence-electron chi connectivity index (χ1n) is 6.02. The van der Waals surface area contributed by atoms with E-state index in [9.17, 15) is 9.59 Å². The molecular formula is C13H18ClN3O2. The van der Waals surface area contributed by atoms with Crippen LogP contribution in [0.4, 0.5) is 5.69 Å². The van der Waals surface area contributed by atoms with Crippen LogP contribution in [-0.2, 0) is 4.79 Å². The molecule has 1 aromatic rings. The van der Waals surface area contributed by atoms with E-state index in [1.807, 2.05) is 6.92 Å². The molecule has 2 amide bonds. The van der Waals surface area contributed by atoms with Gasteiger partial charge in [-0.3, -0.25) is 9.59 Å². The van der Waals surface area contributed by atoms with Crippen molar-refractivity contribution in [3.05, 3.63) is 29.3 Å². The zero-order chi connectivity index (χ0) is 13.1. The van der Waals surface area contributed by atoms with E-state index >= 15 is 0 Å². The Morgan fingerprint density at radius 3 is 2.89 bits per heavy atom. The Balaban J connectivity index is 0.00000180. The second-order valence-electron chi connectivity index (χ2n) is 4.53. The minimum absolute atomic E-state index is 0. The van der Waals surface area contributed by atoms with Crippen molar-refractivity contribution >= 4 is 29.9 Å². The number of piperidine rings is 1. The van der Waals surface area contributed by atoms with Crippen molar-refractivity contribution in [1.29, 1.82) is 0 Å². The predicted molar refractivity (Wildman–Crippen MR) is 76.3 cm³/mol. The summed E-state index contributed by atoms with van der Waals surface area (Å²) in [5.41, 5.74) is 7.57. The Hall–Kier alpha value is -1.75. The van der Waals surface area contributed by atoms with E-state index in [0.717, 1.165) is 12.0 Å². The minimum atomic E-state index is -0.438. The van der Waals surface area contributed by atoms with E-state index in [1.54, 1.807) is 18.2 Å². The number of nitrogens with one attached hydrogen (secondary N) is 2. The van der Waals surface area contributed by atoms with Crippen molar-refractivity contribution in [2.45, 2.75) is 25.8 Å². The molecule has 19 heavy (non-hydrogen) atoms. The summed E-state index contributed by atoms with van der Waals surface area (Å²) in [6.07, 6.45) is 1.56. The van der Waals surface area contributed by atoms with Gasteiger partial charge in [0.15, 0.2) is 0 Å². The number of benzene rings is 1. The third-order valence-corrected chi connectivity index (χ3v) is 3.10. The van der Waals surface area contributed by atoms with E-state index in [1.165, 1.54) is 0 Å². The highest BCUT2D eigenvalue weighted by molar-refractivity contribution is 5.99. The SMILES string of the molecule is Cc1ccc(N)cc1C(=O)NC1CCCNC1=O.Cl. The van der Waals surface area contributed by atoms with Gasteiger partial charge >= 0.3 is 0 Å². The van der Waals surface area contributed by atoms with Gasteiger partial charge in [-0.05, 0) is 37.5 Å². The van der Waals surface area contributed by atoms with E-state index in [4.69, 9.17) is 5.73 Å². The third-order valence-electron chi connectivity index (χ3n) is 3.10. The highest BCUT2D eigenvalue weighted by Gasteiger charge is 2.24. The molecule has 0 saturated carbocycles. The molecule has 104 valence electrons. The van der Waals surface area contributed by atoms with Gasteiger partial charge in [-0.2, -0.15) is 0 Å². The molecule has 1 atom stereocenters. The van der Waals surface area contributed by atoms with E-state index in [2.05, 4.69) is 10.6 Å². The highest BCUT2D eigenvalue weighted by Crippen LogP contribution is 2.13. The molecule has 1 aliphatic rings. The molecule has 1 heterocycles. The van der Waals surface area contributed by atoms with Crippen molar-refractivity contribution in [2.75, 3.05) is 12.3 Å². The Morgan fingerprint density at radius 2 is 2.21 bits per heavy atom. The van der Waals surface area contributed by atoms with Gasteiger partial charge in [-0.15, -0.1) is 12.4 Å². The van der Waals surface area contributed by atoms with Crippen LogP contribution >= 0.6 is 12.4 Å². The second kappa shape index (κ2) is 6.43. The van der Waals surface area contributed by atoms with E-state index in [-0.39, 0.29) is 24.2 Å². The number of anilines is 1. The van der Waals surface area contributed by atoms with Crippen LogP contribution in [0.1, 0.15) is 28.8 Å². The highest BCUT2D eigenvalue weighted by atomic mass is 35.5. The smallest absolute Gasteiger partial charge is 0.252 e. The monoisotopic (exact) mass is 283 g/mol. The van der Waals surface area contributed by atoms with Gasteiger partial charge in [-0.25, -0.2) is 0 Å². The zero-order valence-corrected chi connectivity index (χ0v) is 11.5. The lowest BCUT2D eigenvalue weighted by Crippen LogP contribution is -2.50. The first-order chi connectivity index (χ1) is 8.58. The number of hydrogen-bond donors (Lipinski definition) is 3. The summed E-state index contributed by atoms with van der Waals surface area (Å²) in [5.74, 6) is -0.363. The van der Waals surface area contributed by atoms with Crippen LogP contribution in [0.15, 0.2) is 18.2 Å². The largest absolute Gasteiger partial charge is 0.399 e. The predicted octanol–water partition coefficient (Wildman–Crippen LogP) is 1.01. The second-order valence-corrected chi connectivity index (χ2v) is 4.53. The summed E-state index contributed by atoms with van der Waals surface area (Å²) >= 11 is 0. The van der Waals surface area contributed by atoms with Gasteiger partial charge in [0, 0.05) is 17.8 Å². The van der Waals surface area contributed by atoms with E-state index < -0.39 is 6.04 Å². The normalized spacial score (nSPS) is 18.2. The summed E-state index contributed by atoms with van der Waals surface area (Å²) < 4.78 is 0. The standard InChI is InChI=1S/C13H17N3O2.ClH/c1-8-4-5-9(14)7-10(8)12(17)16-11-3-2-6-15-13(11)18;/h4-5,7,11H,2-3,6,14H2,1H3,(H,15,18)(H,16,17);1H. The molecular weight excluding hydrogens is 266 g/mol. The summed E-state index contributed by atoms with van der Waals surface area (Å²) in [6.45, 7) is 2.53. The van der Waals surface area contributed by atoms with Gasteiger partial charge in [0.25, 0.3) is 5.91 Å². The number of carbonyl (C=O) groups excluding carboxylic acids is 2. The summed E-state index contributed by atoms with van der Waals surface area (Å²) in [7, 11) is 0. The number of nitrogen functional groups attached to an aromatic ring is 1. The van der Waals surface area contributed by atoms with Crippen molar-refractivity contribution in [2.24, 2.45) is 0 Å². The van der Waals surface area contributed by atoms with Crippen molar-refractivity contribution in [1.82, 2.24) is 10.6 Å². The lowest BCUT2D eigenvalue weighted by Gasteiger charge is -2.23. The van der Waals surface area contributed by atoms with Crippen LogP contribution in [0.2, 0.25) is 0 Å². The van der Waals surface area contributed by atoms with Crippen molar-refractivity contribution < 1.29 is 9.59 Å². The molecule has 6 heteroatoms. The number of carbonyl (C=O) groups is 2. The summed E-state index contributed by atoms with van der Waals surface area (Å²) in [6, 6.07) is 4.74. The van der Waals surface area contributed by atoms with E-state index in [0.29, 0.717) is 24.2 Å². The first-order valence-corrected chi connectivity index (χ1v) is 6.02. The molecule has 0 spiro atoms. The molecule has 1 fully saturated rings. The van der Waals surface area contributed by atoms with Crippen LogP contribution < -0.4 is 16.4 Å². The maximum atomic E-state index is 12.1. The Labute approximate surface area is 118 Å². The molecule has 1 aliphatic heterocycles. The fourth-order valence-corrected chi connectivity index (χ4v) is 2.03. The lowest BCUT2D eigenvalue weighted by atomic mass is 10.0. The molecule has 2 rings (SSSR count). The van der Waals surface area contributed by atoms with Crippen LogP contribution in [0.5, 0.6) is 0 Å². The van der Waals surface area contributed by atoms with Crippen LogP contribution in [-0.4, -0.2) is 24.4 Å². The maximum absolute atomic E-state index is 12.1. The molecule has 1 saturated heterocycles. The zero-order valence-electron chi connectivity index (χ0n) is 10.7. The topological polar surface area (TPSA) is 84.2 Å². The average Bonchev–Trinajstić information content (AvgIpc) is 2.35. The molecule has 4 N–H and O–H groups in total. The Morgan fingerprint density at radius 1 is 1.47 bits per heavy atom.